The number of amides is 1. The third-order valence-electron chi connectivity index (χ3n) is 8.80. The molecule has 242 valence electrons. The lowest BCUT2D eigenvalue weighted by Crippen LogP contribution is -2.46. The van der Waals surface area contributed by atoms with E-state index in [9.17, 15) is 4.79 Å². The third kappa shape index (κ3) is 6.29. The Bertz CT molecular complexity index is 1700. The van der Waals surface area contributed by atoms with Crippen molar-refractivity contribution in [2.75, 3.05) is 50.6 Å². The maximum absolute atomic E-state index is 13.4. The Balaban J connectivity index is 1.14. The van der Waals surface area contributed by atoms with Gasteiger partial charge in [-0.1, -0.05) is 12.1 Å². The SMILES string of the molecule is COc1nc(N2CCN(Cc3ccncc3)CC2)nc(OC)c1NC(=O)c1ccc(Cc2cc3c(cc2C)C(C)(C)OC3(C)C)o1. The number of fused-ring (bicyclic) bond motifs is 1. The minimum Gasteiger partial charge on any atom is -0.479 e. The topological polar surface area (TPSA) is 115 Å². The van der Waals surface area contributed by atoms with Gasteiger partial charge in [0.25, 0.3) is 5.91 Å². The molecule has 1 fully saturated rings. The first-order valence-electron chi connectivity index (χ1n) is 15.6. The molecule has 1 aromatic carbocycles. The molecule has 0 aliphatic carbocycles. The standard InChI is InChI=1S/C35H42N6O5/c1-22-18-26-27(35(4,5)46-34(26,2)3)20-24(22)19-25-8-9-28(45-25)30(42)37-29-31(43-6)38-33(39-32(29)44-7)41-16-14-40(15-17-41)21-23-10-12-36-13-11-23/h8-13,18,20H,14-17,19,21H2,1-7H3,(H,37,42). The van der Waals surface area contributed by atoms with Crippen molar-refractivity contribution >= 4 is 17.5 Å². The molecule has 1 N–H and O–H groups in total. The first-order valence-corrected chi connectivity index (χ1v) is 15.6. The van der Waals surface area contributed by atoms with Gasteiger partial charge in [0.05, 0.1) is 25.4 Å². The molecule has 0 spiro atoms. The molecule has 5 heterocycles. The average Bonchev–Trinajstić information content (AvgIpc) is 3.57. The number of aromatic nitrogens is 3. The van der Waals surface area contributed by atoms with Gasteiger partial charge < -0.3 is 28.8 Å². The van der Waals surface area contributed by atoms with E-state index in [0.29, 0.717) is 18.1 Å². The number of anilines is 2. The molecule has 0 saturated carbocycles. The number of piperazine rings is 1. The van der Waals surface area contributed by atoms with Crippen molar-refractivity contribution in [2.24, 2.45) is 0 Å². The number of benzene rings is 1. The van der Waals surface area contributed by atoms with Gasteiger partial charge in [-0.3, -0.25) is 14.7 Å². The first-order chi connectivity index (χ1) is 22.0. The minimum atomic E-state index is -0.453. The number of furan rings is 1. The van der Waals surface area contributed by atoms with Crippen molar-refractivity contribution in [3.05, 3.63) is 88.1 Å². The smallest absolute Gasteiger partial charge is 0.291 e. The molecular weight excluding hydrogens is 584 g/mol. The Labute approximate surface area is 269 Å². The lowest BCUT2D eigenvalue weighted by molar-refractivity contribution is -0.105. The van der Waals surface area contributed by atoms with Crippen molar-refractivity contribution < 1.29 is 23.4 Å². The number of pyridine rings is 1. The number of nitrogens with one attached hydrogen (secondary N) is 1. The summed E-state index contributed by atoms with van der Waals surface area (Å²) < 4.78 is 23.6. The van der Waals surface area contributed by atoms with Gasteiger partial charge in [0.15, 0.2) is 11.4 Å². The Hall–Kier alpha value is -4.48. The molecule has 11 nitrogen and oxygen atoms in total. The van der Waals surface area contributed by atoms with Crippen LogP contribution in [0.15, 0.2) is 53.2 Å². The molecule has 0 bridgehead atoms. The molecule has 0 radical (unpaired) electrons. The van der Waals surface area contributed by atoms with Crippen LogP contribution in [0.4, 0.5) is 11.6 Å². The van der Waals surface area contributed by atoms with E-state index in [1.807, 2.05) is 30.6 Å². The van der Waals surface area contributed by atoms with Crippen LogP contribution in [0.2, 0.25) is 0 Å². The second kappa shape index (κ2) is 12.4. The van der Waals surface area contributed by atoms with Gasteiger partial charge in [-0.25, -0.2) is 0 Å². The van der Waals surface area contributed by atoms with Crippen LogP contribution >= 0.6 is 0 Å². The van der Waals surface area contributed by atoms with Gasteiger partial charge in [0.1, 0.15) is 5.76 Å². The fourth-order valence-electron chi connectivity index (χ4n) is 6.45. The summed E-state index contributed by atoms with van der Waals surface area (Å²) >= 11 is 0. The van der Waals surface area contributed by atoms with Crippen molar-refractivity contribution in [2.45, 2.75) is 58.8 Å². The molecule has 3 aromatic heterocycles. The summed E-state index contributed by atoms with van der Waals surface area (Å²) in [5, 5.41) is 2.85. The van der Waals surface area contributed by atoms with Crippen LogP contribution in [0.1, 0.15) is 71.8 Å². The molecule has 0 unspecified atom stereocenters. The molecule has 2 aliphatic rings. The fraction of sp³-hybridized carbons (Fsp3) is 0.429. The summed E-state index contributed by atoms with van der Waals surface area (Å²) in [6.45, 7) is 14.5. The number of methoxy groups -OCH3 is 2. The van der Waals surface area contributed by atoms with Crippen molar-refractivity contribution in [1.29, 1.82) is 0 Å². The van der Waals surface area contributed by atoms with E-state index in [4.69, 9.17) is 18.6 Å². The predicted molar refractivity (Wildman–Crippen MR) is 175 cm³/mol. The number of ether oxygens (including phenoxy) is 3. The van der Waals surface area contributed by atoms with E-state index in [1.54, 1.807) is 6.07 Å². The number of nitrogens with zero attached hydrogens (tertiary/aromatic N) is 5. The van der Waals surface area contributed by atoms with Crippen molar-refractivity contribution in [3.63, 3.8) is 0 Å². The van der Waals surface area contributed by atoms with E-state index in [1.165, 1.54) is 30.9 Å². The molecule has 2 aliphatic heterocycles. The largest absolute Gasteiger partial charge is 0.479 e. The second-order valence-electron chi connectivity index (χ2n) is 12.9. The van der Waals surface area contributed by atoms with E-state index >= 15 is 0 Å². The zero-order valence-electron chi connectivity index (χ0n) is 27.6. The van der Waals surface area contributed by atoms with Crippen molar-refractivity contribution in [3.8, 4) is 11.8 Å². The van der Waals surface area contributed by atoms with Gasteiger partial charge in [-0.05, 0) is 86.7 Å². The number of hydrogen-bond donors (Lipinski definition) is 1. The van der Waals surface area contributed by atoms with Gasteiger partial charge in [0.2, 0.25) is 17.7 Å². The van der Waals surface area contributed by atoms with Crippen LogP contribution < -0.4 is 19.7 Å². The number of rotatable bonds is 9. The number of carbonyl (C=O) groups excluding carboxylic acids is 1. The number of carbonyl (C=O) groups is 1. The highest BCUT2D eigenvalue weighted by Gasteiger charge is 2.43. The molecule has 1 saturated heterocycles. The fourth-order valence-corrected chi connectivity index (χ4v) is 6.45. The number of hydrogen-bond acceptors (Lipinski definition) is 10. The van der Waals surface area contributed by atoms with E-state index in [-0.39, 0.29) is 34.4 Å². The normalized spacial score (nSPS) is 17.1. The maximum Gasteiger partial charge on any atom is 0.291 e. The Morgan fingerprint density at radius 2 is 1.54 bits per heavy atom. The zero-order valence-corrected chi connectivity index (χ0v) is 27.6. The van der Waals surface area contributed by atoms with E-state index < -0.39 is 5.91 Å². The van der Waals surface area contributed by atoms with Gasteiger partial charge in [-0.15, -0.1) is 0 Å². The van der Waals surface area contributed by atoms with Crippen LogP contribution in [0.5, 0.6) is 11.8 Å². The Kier molecular flexibility index (Phi) is 8.47. The highest BCUT2D eigenvalue weighted by Crippen LogP contribution is 2.47. The quantitative estimate of drug-likeness (QED) is 0.257. The molecule has 6 rings (SSSR count). The summed E-state index contributed by atoms with van der Waals surface area (Å²) in [7, 11) is 3.01. The molecule has 0 atom stereocenters. The van der Waals surface area contributed by atoms with Crippen molar-refractivity contribution in [1.82, 2.24) is 19.9 Å². The molecule has 46 heavy (non-hydrogen) atoms. The molecule has 11 heteroatoms. The monoisotopic (exact) mass is 626 g/mol. The van der Waals surface area contributed by atoms with E-state index in [0.717, 1.165) is 43.9 Å². The predicted octanol–water partition coefficient (Wildman–Crippen LogP) is 5.46. The summed E-state index contributed by atoms with van der Waals surface area (Å²) in [6.07, 6.45) is 4.18. The van der Waals surface area contributed by atoms with Gasteiger partial charge >= 0.3 is 0 Å². The van der Waals surface area contributed by atoms with Crippen LogP contribution in [0.3, 0.4) is 0 Å². The lowest BCUT2D eigenvalue weighted by atomic mass is 9.86. The summed E-state index contributed by atoms with van der Waals surface area (Å²) in [4.78, 5) is 31.2. The zero-order chi connectivity index (χ0) is 32.6. The average molecular weight is 627 g/mol. The Morgan fingerprint density at radius 3 is 2.17 bits per heavy atom. The highest BCUT2D eigenvalue weighted by molar-refractivity contribution is 6.03. The Morgan fingerprint density at radius 1 is 0.913 bits per heavy atom. The number of aryl methyl sites for hydroxylation is 1. The maximum atomic E-state index is 13.4. The summed E-state index contributed by atoms with van der Waals surface area (Å²) in [5.41, 5.74) is 5.39. The van der Waals surface area contributed by atoms with Gasteiger partial charge in [-0.2, -0.15) is 9.97 Å². The minimum absolute atomic E-state index is 0.164. The first kappa shape index (κ1) is 31.5. The van der Waals surface area contributed by atoms with Crippen LogP contribution in [0, 0.1) is 6.92 Å². The second-order valence-corrected chi connectivity index (χ2v) is 12.9. The summed E-state index contributed by atoms with van der Waals surface area (Å²) in [6, 6.07) is 12.0. The van der Waals surface area contributed by atoms with Crippen LogP contribution in [-0.4, -0.2) is 66.2 Å². The lowest BCUT2D eigenvalue weighted by Gasteiger charge is -2.35. The third-order valence-corrected chi connectivity index (χ3v) is 8.80. The highest BCUT2D eigenvalue weighted by atomic mass is 16.5. The molecule has 4 aromatic rings. The molecule has 1 amide bonds. The van der Waals surface area contributed by atoms with Crippen LogP contribution in [0.25, 0.3) is 0 Å². The molecular formula is C35H42N6O5. The van der Waals surface area contributed by atoms with Gasteiger partial charge in [0, 0.05) is 51.5 Å². The van der Waals surface area contributed by atoms with E-state index in [2.05, 4.69) is 76.8 Å². The summed E-state index contributed by atoms with van der Waals surface area (Å²) in [5.74, 6) is 1.29. The van der Waals surface area contributed by atoms with Crippen LogP contribution in [-0.2, 0) is 28.9 Å².